The van der Waals surface area contributed by atoms with Gasteiger partial charge in [-0.1, -0.05) is 0 Å². The molecule has 1 aromatic carbocycles. The Labute approximate surface area is 119 Å². The SMILES string of the molecule is NC(=O)c1nnc2n1CC(O)CCc1cc(O)cc(O)c1-2. The van der Waals surface area contributed by atoms with E-state index in [0.29, 0.717) is 24.0 Å². The fourth-order valence-electron chi connectivity index (χ4n) is 2.59. The third-order valence-electron chi connectivity index (χ3n) is 3.52. The first kappa shape index (κ1) is 13.4. The molecule has 8 heteroatoms. The zero-order valence-corrected chi connectivity index (χ0v) is 11.0. The molecule has 8 nitrogen and oxygen atoms in total. The minimum atomic E-state index is -0.763. The van der Waals surface area contributed by atoms with Gasteiger partial charge in [0.25, 0.3) is 5.91 Å². The molecule has 0 saturated carbocycles. The number of primary amides is 1. The van der Waals surface area contributed by atoms with Gasteiger partial charge in [0.2, 0.25) is 5.82 Å². The van der Waals surface area contributed by atoms with Crippen molar-refractivity contribution in [3.63, 3.8) is 0 Å². The van der Waals surface area contributed by atoms with Crippen LogP contribution in [-0.4, -0.2) is 42.1 Å². The zero-order chi connectivity index (χ0) is 15.1. The topological polar surface area (TPSA) is 134 Å². The molecule has 1 aromatic heterocycles. The lowest BCUT2D eigenvalue weighted by molar-refractivity contribution is 0.0977. The van der Waals surface area contributed by atoms with Crippen molar-refractivity contribution >= 4 is 5.91 Å². The number of rotatable bonds is 1. The molecule has 110 valence electrons. The van der Waals surface area contributed by atoms with E-state index in [1.807, 2.05) is 0 Å². The fourth-order valence-corrected chi connectivity index (χ4v) is 2.59. The molecule has 2 aromatic rings. The number of aliphatic hydroxyl groups excluding tert-OH is 1. The summed E-state index contributed by atoms with van der Waals surface area (Å²) in [4.78, 5) is 11.4. The Morgan fingerprint density at radius 2 is 2.10 bits per heavy atom. The number of hydrogen-bond acceptors (Lipinski definition) is 6. The van der Waals surface area contributed by atoms with Gasteiger partial charge in [-0.3, -0.25) is 4.79 Å². The van der Waals surface area contributed by atoms with Gasteiger partial charge in [0.1, 0.15) is 11.5 Å². The third-order valence-corrected chi connectivity index (χ3v) is 3.52. The number of nitrogens with zero attached hydrogens (tertiary/aromatic N) is 3. The van der Waals surface area contributed by atoms with Crippen LogP contribution in [0.5, 0.6) is 11.5 Å². The second-order valence-corrected chi connectivity index (χ2v) is 5.01. The molecular formula is C13H14N4O4. The molecule has 2 heterocycles. The van der Waals surface area contributed by atoms with E-state index >= 15 is 0 Å². The standard InChI is InChI=1S/C13H14N4O4/c14-11(21)13-16-15-12-10-6(3-8(19)4-9(10)20)1-2-7(18)5-17(12)13/h3-4,7,18-20H,1-2,5H2,(H2,14,21). The maximum atomic E-state index is 11.4. The van der Waals surface area contributed by atoms with Gasteiger partial charge >= 0.3 is 0 Å². The first-order chi connectivity index (χ1) is 9.97. The normalized spacial score (nSPS) is 17.5. The van der Waals surface area contributed by atoms with Crippen molar-refractivity contribution in [2.45, 2.75) is 25.5 Å². The first-order valence-electron chi connectivity index (χ1n) is 6.43. The number of aliphatic hydroxyl groups is 1. The summed E-state index contributed by atoms with van der Waals surface area (Å²) in [6.45, 7) is 0.111. The van der Waals surface area contributed by atoms with Crippen molar-refractivity contribution in [3.8, 4) is 22.9 Å². The van der Waals surface area contributed by atoms with E-state index in [4.69, 9.17) is 5.73 Å². The van der Waals surface area contributed by atoms with Gasteiger partial charge in [-0.25, -0.2) is 0 Å². The number of phenols is 2. The van der Waals surface area contributed by atoms with Crippen molar-refractivity contribution in [3.05, 3.63) is 23.5 Å². The highest BCUT2D eigenvalue weighted by molar-refractivity contribution is 5.90. The van der Waals surface area contributed by atoms with Crippen molar-refractivity contribution < 1.29 is 20.1 Å². The molecule has 0 fully saturated rings. The van der Waals surface area contributed by atoms with Gasteiger partial charge < -0.3 is 25.6 Å². The number of aryl methyl sites for hydroxylation is 1. The monoisotopic (exact) mass is 290 g/mol. The molecule has 1 amide bonds. The summed E-state index contributed by atoms with van der Waals surface area (Å²) in [5, 5.41) is 37.3. The summed E-state index contributed by atoms with van der Waals surface area (Å²) >= 11 is 0. The van der Waals surface area contributed by atoms with E-state index in [9.17, 15) is 20.1 Å². The number of phenolic OH excluding ortho intramolecular Hbond substituents is 2. The highest BCUT2D eigenvalue weighted by atomic mass is 16.3. The van der Waals surface area contributed by atoms with Crippen LogP contribution >= 0.6 is 0 Å². The number of amides is 1. The van der Waals surface area contributed by atoms with Crippen LogP contribution in [0.1, 0.15) is 22.6 Å². The van der Waals surface area contributed by atoms with E-state index in [1.54, 1.807) is 0 Å². The molecular weight excluding hydrogens is 276 g/mol. The number of carbonyl (C=O) groups is 1. The number of hydrogen-bond donors (Lipinski definition) is 4. The van der Waals surface area contributed by atoms with Gasteiger partial charge in [-0.2, -0.15) is 0 Å². The van der Waals surface area contributed by atoms with Crippen LogP contribution in [0, 0.1) is 0 Å². The van der Waals surface area contributed by atoms with Crippen molar-refractivity contribution in [1.29, 1.82) is 0 Å². The molecule has 1 unspecified atom stereocenters. The molecule has 1 aliphatic rings. The lowest BCUT2D eigenvalue weighted by atomic mass is 9.97. The summed E-state index contributed by atoms with van der Waals surface area (Å²) in [6.07, 6.45) is 0.152. The maximum absolute atomic E-state index is 11.4. The molecule has 21 heavy (non-hydrogen) atoms. The van der Waals surface area contributed by atoms with Gasteiger partial charge in [-0.15, -0.1) is 10.2 Å². The lowest BCUT2D eigenvalue weighted by Crippen LogP contribution is -2.25. The van der Waals surface area contributed by atoms with Crippen molar-refractivity contribution in [1.82, 2.24) is 14.8 Å². The average molecular weight is 290 g/mol. The van der Waals surface area contributed by atoms with Crippen LogP contribution in [0.25, 0.3) is 11.4 Å². The fraction of sp³-hybridized carbons (Fsp3) is 0.308. The minimum Gasteiger partial charge on any atom is -0.508 e. The molecule has 1 aliphatic heterocycles. The molecule has 0 saturated heterocycles. The van der Waals surface area contributed by atoms with Gasteiger partial charge in [0, 0.05) is 6.07 Å². The molecule has 0 spiro atoms. The van der Waals surface area contributed by atoms with Crippen LogP contribution in [-0.2, 0) is 13.0 Å². The van der Waals surface area contributed by atoms with Gasteiger partial charge in [0.15, 0.2) is 5.82 Å². The summed E-state index contributed by atoms with van der Waals surface area (Å²) in [6, 6.07) is 2.69. The van der Waals surface area contributed by atoms with Crippen LogP contribution in [0.15, 0.2) is 12.1 Å². The summed E-state index contributed by atoms with van der Waals surface area (Å²) in [5.74, 6) is -0.839. The highest BCUT2D eigenvalue weighted by Crippen LogP contribution is 2.37. The van der Waals surface area contributed by atoms with Crippen molar-refractivity contribution in [2.75, 3.05) is 0 Å². The highest BCUT2D eigenvalue weighted by Gasteiger charge is 2.26. The number of aromatic nitrogens is 3. The summed E-state index contributed by atoms with van der Waals surface area (Å²) < 4.78 is 1.39. The average Bonchev–Trinajstić information content (AvgIpc) is 2.77. The number of benzene rings is 1. The van der Waals surface area contributed by atoms with Crippen molar-refractivity contribution in [2.24, 2.45) is 5.73 Å². The smallest absolute Gasteiger partial charge is 0.286 e. The second-order valence-electron chi connectivity index (χ2n) is 5.01. The Hall–Kier alpha value is -2.61. The first-order valence-corrected chi connectivity index (χ1v) is 6.43. The molecule has 3 rings (SSSR count). The molecule has 5 N–H and O–H groups in total. The molecule has 1 atom stereocenters. The lowest BCUT2D eigenvalue weighted by Gasteiger charge is -2.20. The Morgan fingerprint density at radius 1 is 1.33 bits per heavy atom. The van der Waals surface area contributed by atoms with E-state index in [0.717, 1.165) is 0 Å². The third kappa shape index (κ3) is 2.19. The number of carbonyl (C=O) groups excluding carboxylic acids is 1. The van der Waals surface area contributed by atoms with Gasteiger partial charge in [0.05, 0.1) is 18.2 Å². The largest absolute Gasteiger partial charge is 0.508 e. The molecule has 0 bridgehead atoms. The Kier molecular flexibility index (Phi) is 3.02. The van der Waals surface area contributed by atoms with E-state index < -0.39 is 12.0 Å². The van der Waals surface area contributed by atoms with Crippen LogP contribution in [0.2, 0.25) is 0 Å². The summed E-state index contributed by atoms with van der Waals surface area (Å²) in [5.41, 5.74) is 6.26. The predicted molar refractivity (Wildman–Crippen MR) is 71.6 cm³/mol. The zero-order valence-electron chi connectivity index (χ0n) is 11.0. The van der Waals surface area contributed by atoms with E-state index in [2.05, 4.69) is 10.2 Å². The van der Waals surface area contributed by atoms with Crippen LogP contribution in [0.4, 0.5) is 0 Å². The van der Waals surface area contributed by atoms with Gasteiger partial charge in [-0.05, 0) is 24.5 Å². The van der Waals surface area contributed by atoms with E-state index in [1.165, 1.54) is 16.7 Å². The minimum absolute atomic E-state index is 0.0793. The van der Waals surface area contributed by atoms with E-state index in [-0.39, 0.29) is 29.7 Å². The number of fused-ring (bicyclic) bond motifs is 3. The van der Waals surface area contributed by atoms with Crippen LogP contribution < -0.4 is 5.73 Å². The molecule has 0 radical (unpaired) electrons. The number of aromatic hydroxyl groups is 2. The summed E-state index contributed by atoms with van der Waals surface area (Å²) in [7, 11) is 0. The molecule has 0 aliphatic carbocycles. The Balaban J connectivity index is 2.28. The second kappa shape index (κ2) is 4.74. The Morgan fingerprint density at radius 3 is 2.81 bits per heavy atom. The quantitative estimate of drug-likeness (QED) is 0.572. The Bertz CT molecular complexity index is 725. The number of nitrogens with two attached hydrogens (primary N) is 1. The van der Waals surface area contributed by atoms with Crippen LogP contribution in [0.3, 0.4) is 0 Å². The maximum Gasteiger partial charge on any atom is 0.286 e. The predicted octanol–water partition coefficient (Wildman–Crippen LogP) is -0.238.